The molecule has 1 fully saturated rings. The molecular weight excluding hydrogens is 352 g/mol. The van der Waals surface area contributed by atoms with Gasteiger partial charge in [0, 0.05) is 44.7 Å². The molecule has 1 aliphatic rings. The highest BCUT2D eigenvalue weighted by atomic mass is 35.5. The third kappa shape index (κ3) is 3.81. The second kappa shape index (κ2) is 8.73. The number of carbonyl (C=O) groups excluding carboxylic acids is 1. The maximum absolute atomic E-state index is 12.8. The van der Waals surface area contributed by atoms with Crippen LogP contribution in [0.25, 0.3) is 11.0 Å². The fraction of sp³-hybridized carbons (Fsp3) is 0.579. The van der Waals surface area contributed by atoms with E-state index in [4.69, 9.17) is 0 Å². The van der Waals surface area contributed by atoms with Crippen LogP contribution in [0.2, 0.25) is 0 Å². The molecular formula is C19H29ClN4O2. The Morgan fingerprint density at radius 2 is 1.77 bits per heavy atom. The maximum atomic E-state index is 12.8. The third-order valence-corrected chi connectivity index (χ3v) is 5.28. The number of rotatable bonds is 5. The van der Waals surface area contributed by atoms with Crippen molar-refractivity contribution in [2.75, 3.05) is 13.1 Å². The van der Waals surface area contributed by atoms with Gasteiger partial charge in [-0.25, -0.2) is 4.79 Å². The van der Waals surface area contributed by atoms with Gasteiger partial charge >= 0.3 is 5.69 Å². The minimum absolute atomic E-state index is 0. The van der Waals surface area contributed by atoms with Crippen LogP contribution in [0.15, 0.2) is 29.1 Å². The minimum Gasteiger partial charge on any atom is -0.337 e. The topological polar surface area (TPSA) is 59.3 Å². The third-order valence-electron chi connectivity index (χ3n) is 5.28. The lowest BCUT2D eigenvalue weighted by Gasteiger charge is -2.38. The van der Waals surface area contributed by atoms with E-state index in [2.05, 4.69) is 26.1 Å². The van der Waals surface area contributed by atoms with Gasteiger partial charge in [0.1, 0.15) is 0 Å². The van der Waals surface area contributed by atoms with Crippen molar-refractivity contribution in [3.63, 3.8) is 0 Å². The highest BCUT2D eigenvalue weighted by molar-refractivity contribution is 5.85. The van der Waals surface area contributed by atoms with Crippen LogP contribution in [0.1, 0.15) is 33.6 Å². The van der Waals surface area contributed by atoms with Gasteiger partial charge in [0.25, 0.3) is 0 Å². The molecule has 1 aliphatic heterocycles. The van der Waals surface area contributed by atoms with Gasteiger partial charge in [-0.3, -0.25) is 13.9 Å². The Bertz CT molecular complexity index is 813. The fourth-order valence-corrected chi connectivity index (χ4v) is 3.69. The van der Waals surface area contributed by atoms with E-state index < -0.39 is 0 Å². The first-order valence-corrected chi connectivity index (χ1v) is 9.25. The van der Waals surface area contributed by atoms with Gasteiger partial charge in [-0.2, -0.15) is 0 Å². The van der Waals surface area contributed by atoms with Crippen LogP contribution < -0.4 is 11.0 Å². The van der Waals surface area contributed by atoms with Crippen LogP contribution in [0.5, 0.6) is 0 Å². The number of fused-ring (bicyclic) bond motifs is 1. The van der Waals surface area contributed by atoms with E-state index in [0.29, 0.717) is 25.6 Å². The largest absolute Gasteiger partial charge is 0.337 e. The van der Waals surface area contributed by atoms with E-state index in [9.17, 15) is 9.59 Å². The molecule has 1 amide bonds. The molecule has 7 heteroatoms. The molecule has 2 aromatic rings. The smallest absolute Gasteiger partial charge is 0.329 e. The summed E-state index contributed by atoms with van der Waals surface area (Å²) in [5.74, 6) is 0.125. The van der Waals surface area contributed by atoms with Crippen molar-refractivity contribution in [3.05, 3.63) is 34.7 Å². The summed E-state index contributed by atoms with van der Waals surface area (Å²) in [6.07, 6.45) is 1.26. The second-order valence-electron chi connectivity index (χ2n) is 6.90. The summed E-state index contributed by atoms with van der Waals surface area (Å²) >= 11 is 0. The fourth-order valence-electron chi connectivity index (χ4n) is 3.69. The van der Waals surface area contributed by atoms with E-state index in [0.717, 1.165) is 30.5 Å². The number of halogens is 1. The molecule has 144 valence electrons. The normalized spacial score (nSPS) is 20.2. The lowest BCUT2D eigenvalue weighted by molar-refractivity contribution is -0.135. The van der Waals surface area contributed by atoms with E-state index in [1.54, 1.807) is 4.57 Å². The van der Waals surface area contributed by atoms with Crippen molar-refractivity contribution in [2.24, 2.45) is 0 Å². The Kier molecular flexibility index (Phi) is 6.89. The quantitative estimate of drug-likeness (QED) is 0.865. The summed E-state index contributed by atoms with van der Waals surface area (Å²) in [4.78, 5) is 27.4. The first-order valence-electron chi connectivity index (χ1n) is 9.25. The number of imidazole rings is 1. The van der Waals surface area contributed by atoms with Crippen LogP contribution in [-0.2, 0) is 17.9 Å². The van der Waals surface area contributed by atoms with Gasteiger partial charge in [-0.05, 0) is 32.4 Å². The van der Waals surface area contributed by atoms with E-state index in [1.807, 2.05) is 33.7 Å². The van der Waals surface area contributed by atoms with Crippen LogP contribution in [-0.4, -0.2) is 45.1 Å². The summed E-state index contributed by atoms with van der Waals surface area (Å²) in [7, 11) is 0. The highest BCUT2D eigenvalue weighted by Gasteiger charge is 2.27. The number of nitrogens with zero attached hydrogens (tertiary/aromatic N) is 3. The number of amides is 1. The van der Waals surface area contributed by atoms with Gasteiger partial charge < -0.3 is 10.2 Å². The summed E-state index contributed by atoms with van der Waals surface area (Å²) in [6, 6.07) is 8.31. The molecule has 26 heavy (non-hydrogen) atoms. The molecule has 2 unspecified atom stereocenters. The minimum atomic E-state index is -0.0161. The zero-order valence-electron chi connectivity index (χ0n) is 15.8. The summed E-state index contributed by atoms with van der Waals surface area (Å²) in [6.45, 7) is 8.94. The summed E-state index contributed by atoms with van der Waals surface area (Å²) in [5.41, 5.74) is 1.85. The molecule has 3 rings (SSSR count). The standard InChI is InChI=1S/C19H28N4O2.ClH/c1-4-11-22-16-7-5-6-8-17(16)23(19(22)25)12-9-18(24)21-13-10-20-14(2)15(21)3;/h5-8,14-15,20H,4,9-13H2,1-3H3;1H. The number of hydrogen-bond acceptors (Lipinski definition) is 3. The Morgan fingerprint density at radius 3 is 2.38 bits per heavy atom. The molecule has 0 radical (unpaired) electrons. The number of aromatic nitrogens is 2. The molecule has 6 nitrogen and oxygen atoms in total. The molecule has 0 aliphatic carbocycles. The Morgan fingerprint density at radius 1 is 1.15 bits per heavy atom. The van der Waals surface area contributed by atoms with Crippen LogP contribution in [0, 0.1) is 0 Å². The summed E-state index contributed by atoms with van der Waals surface area (Å²) in [5, 5.41) is 3.39. The average Bonchev–Trinajstić information content (AvgIpc) is 2.88. The summed E-state index contributed by atoms with van der Waals surface area (Å²) < 4.78 is 3.56. The van der Waals surface area contributed by atoms with Crippen LogP contribution >= 0.6 is 12.4 Å². The molecule has 2 heterocycles. The van der Waals surface area contributed by atoms with Crippen molar-refractivity contribution in [1.82, 2.24) is 19.4 Å². The Labute approximate surface area is 160 Å². The molecule has 1 saturated heterocycles. The van der Waals surface area contributed by atoms with Gasteiger partial charge in [-0.15, -0.1) is 12.4 Å². The van der Waals surface area contributed by atoms with Gasteiger partial charge in [0.05, 0.1) is 11.0 Å². The zero-order valence-corrected chi connectivity index (χ0v) is 16.6. The predicted molar refractivity (Wildman–Crippen MR) is 107 cm³/mol. The molecule has 1 N–H and O–H groups in total. The number of hydrogen-bond donors (Lipinski definition) is 1. The first-order chi connectivity index (χ1) is 12.0. The zero-order chi connectivity index (χ0) is 18.0. The van der Waals surface area contributed by atoms with Crippen molar-refractivity contribution in [3.8, 4) is 0 Å². The first kappa shape index (κ1) is 20.5. The molecule has 1 aromatic heterocycles. The van der Waals surface area contributed by atoms with Crippen LogP contribution in [0.3, 0.4) is 0 Å². The SMILES string of the molecule is CCCn1c(=O)n(CCC(=O)N2CCNC(C)C2C)c2ccccc21.Cl. The molecule has 1 aromatic carbocycles. The number of para-hydroxylation sites is 2. The van der Waals surface area contributed by atoms with Gasteiger partial charge in [0.2, 0.25) is 5.91 Å². The van der Waals surface area contributed by atoms with E-state index in [-0.39, 0.29) is 30.0 Å². The maximum Gasteiger partial charge on any atom is 0.329 e. The van der Waals surface area contributed by atoms with Gasteiger partial charge in [-0.1, -0.05) is 19.1 Å². The molecule has 0 bridgehead atoms. The molecule has 0 spiro atoms. The lowest BCUT2D eigenvalue weighted by Crippen LogP contribution is -2.57. The van der Waals surface area contributed by atoms with Crippen LogP contribution in [0.4, 0.5) is 0 Å². The molecule has 0 saturated carbocycles. The van der Waals surface area contributed by atoms with E-state index in [1.165, 1.54) is 0 Å². The highest BCUT2D eigenvalue weighted by Crippen LogP contribution is 2.15. The number of benzene rings is 1. The number of aryl methyl sites for hydroxylation is 2. The van der Waals surface area contributed by atoms with Crippen molar-refractivity contribution in [1.29, 1.82) is 0 Å². The van der Waals surface area contributed by atoms with Crippen molar-refractivity contribution >= 4 is 29.3 Å². The van der Waals surface area contributed by atoms with Gasteiger partial charge in [0.15, 0.2) is 0 Å². The average molecular weight is 381 g/mol. The van der Waals surface area contributed by atoms with E-state index >= 15 is 0 Å². The monoisotopic (exact) mass is 380 g/mol. The predicted octanol–water partition coefficient (Wildman–Crippen LogP) is 2.23. The lowest BCUT2D eigenvalue weighted by atomic mass is 10.1. The van der Waals surface area contributed by atoms with Crippen molar-refractivity contribution in [2.45, 2.75) is 58.8 Å². The van der Waals surface area contributed by atoms with Crippen molar-refractivity contribution < 1.29 is 4.79 Å². The second-order valence-corrected chi connectivity index (χ2v) is 6.90. The molecule has 2 atom stereocenters. The Balaban J connectivity index is 0.00000243. The number of nitrogens with one attached hydrogen (secondary N) is 1. The Hall–Kier alpha value is -1.79. The number of piperazine rings is 1. The number of carbonyl (C=O) groups is 1.